The van der Waals surface area contributed by atoms with Crippen molar-refractivity contribution in [1.82, 2.24) is 0 Å². The van der Waals surface area contributed by atoms with Gasteiger partial charge < -0.3 is 18.0 Å². The SMILES string of the molecule is CCOC(=O)c1cc2c(OCc3ccccc3[Si](C)(C)F)cccc2oc1=O. The van der Waals surface area contributed by atoms with Crippen molar-refractivity contribution in [3.63, 3.8) is 0 Å². The number of carbonyl (C=O) groups excluding carboxylic acids is 1. The second kappa shape index (κ2) is 7.98. The van der Waals surface area contributed by atoms with Gasteiger partial charge in [-0.05, 0) is 49.0 Å². The lowest BCUT2D eigenvalue weighted by atomic mass is 10.1. The topological polar surface area (TPSA) is 65.7 Å². The fourth-order valence-corrected chi connectivity index (χ4v) is 4.38. The first kappa shape index (κ1) is 19.8. The van der Waals surface area contributed by atoms with Crippen LogP contribution in [0.3, 0.4) is 0 Å². The maximum Gasteiger partial charge on any atom is 0.351 e. The number of rotatable bonds is 6. The number of ether oxygens (including phenoxy) is 2. The number of hydrogen-bond donors (Lipinski definition) is 0. The van der Waals surface area contributed by atoms with Gasteiger partial charge in [0, 0.05) is 0 Å². The molecule has 0 unspecified atom stereocenters. The van der Waals surface area contributed by atoms with Crippen LogP contribution in [0.25, 0.3) is 11.0 Å². The molecule has 0 spiro atoms. The summed E-state index contributed by atoms with van der Waals surface area (Å²) in [5.41, 5.74) is 0.104. The van der Waals surface area contributed by atoms with Crippen molar-refractivity contribution in [3.8, 4) is 5.75 Å². The molecule has 0 atom stereocenters. The van der Waals surface area contributed by atoms with Crippen LogP contribution in [0, 0.1) is 0 Å². The molecule has 0 aliphatic heterocycles. The Morgan fingerprint density at radius 2 is 1.89 bits per heavy atom. The minimum absolute atomic E-state index is 0.147. The zero-order valence-electron chi connectivity index (χ0n) is 16.0. The van der Waals surface area contributed by atoms with Crippen LogP contribution >= 0.6 is 0 Å². The predicted molar refractivity (Wildman–Crippen MR) is 107 cm³/mol. The molecule has 3 rings (SSSR count). The number of benzene rings is 2. The summed E-state index contributed by atoms with van der Waals surface area (Å²) >= 11 is 0. The zero-order valence-corrected chi connectivity index (χ0v) is 17.0. The number of halogens is 1. The lowest BCUT2D eigenvalue weighted by Gasteiger charge is -2.17. The highest BCUT2D eigenvalue weighted by Gasteiger charge is 2.26. The van der Waals surface area contributed by atoms with E-state index >= 15 is 0 Å². The Morgan fingerprint density at radius 3 is 2.61 bits per heavy atom. The van der Waals surface area contributed by atoms with E-state index in [1.807, 2.05) is 18.2 Å². The summed E-state index contributed by atoms with van der Waals surface area (Å²) < 4.78 is 30.7. The molecule has 2 aromatic carbocycles. The lowest BCUT2D eigenvalue weighted by molar-refractivity contribution is 0.0522. The molecule has 5 nitrogen and oxygen atoms in total. The highest BCUT2D eigenvalue weighted by atomic mass is 28.4. The third-order valence-electron chi connectivity index (χ3n) is 4.27. The van der Waals surface area contributed by atoms with E-state index < -0.39 is 20.0 Å². The van der Waals surface area contributed by atoms with E-state index in [-0.39, 0.29) is 18.8 Å². The number of carbonyl (C=O) groups is 1. The molecule has 0 aliphatic carbocycles. The minimum Gasteiger partial charge on any atom is -0.488 e. The van der Waals surface area contributed by atoms with Crippen molar-refractivity contribution in [3.05, 3.63) is 70.1 Å². The van der Waals surface area contributed by atoms with Gasteiger partial charge in [-0.1, -0.05) is 30.3 Å². The summed E-state index contributed by atoms with van der Waals surface area (Å²) in [5, 5.41) is 1.15. The Morgan fingerprint density at radius 1 is 1.14 bits per heavy atom. The monoisotopic (exact) mass is 400 g/mol. The van der Waals surface area contributed by atoms with E-state index in [1.165, 1.54) is 6.07 Å². The molecular weight excluding hydrogens is 379 g/mol. The highest BCUT2D eigenvalue weighted by Crippen LogP contribution is 2.26. The smallest absolute Gasteiger partial charge is 0.351 e. The second-order valence-electron chi connectivity index (χ2n) is 6.75. The van der Waals surface area contributed by atoms with Crippen molar-refractivity contribution in [1.29, 1.82) is 0 Å². The Balaban J connectivity index is 1.97. The zero-order chi connectivity index (χ0) is 20.3. The van der Waals surface area contributed by atoms with E-state index in [1.54, 1.807) is 44.3 Å². The van der Waals surface area contributed by atoms with E-state index in [9.17, 15) is 13.7 Å². The van der Waals surface area contributed by atoms with Crippen molar-refractivity contribution in [2.24, 2.45) is 0 Å². The van der Waals surface area contributed by atoms with Crippen LogP contribution in [0.5, 0.6) is 5.75 Å². The van der Waals surface area contributed by atoms with Gasteiger partial charge in [0.05, 0.1) is 12.0 Å². The van der Waals surface area contributed by atoms with Gasteiger partial charge in [0.2, 0.25) is 0 Å². The largest absolute Gasteiger partial charge is 0.488 e. The Hall–Kier alpha value is -2.93. The summed E-state index contributed by atoms with van der Waals surface area (Å²) in [5.74, 6) is -0.316. The Bertz CT molecular complexity index is 1070. The molecule has 146 valence electrons. The molecule has 7 heteroatoms. The molecule has 28 heavy (non-hydrogen) atoms. The van der Waals surface area contributed by atoms with Gasteiger partial charge >= 0.3 is 11.6 Å². The molecular formula is C21H21FO5Si. The molecule has 0 saturated carbocycles. The summed E-state index contributed by atoms with van der Waals surface area (Å²) in [4.78, 5) is 24.0. The third kappa shape index (κ3) is 4.14. The van der Waals surface area contributed by atoms with Crippen LogP contribution in [0.4, 0.5) is 4.11 Å². The molecule has 0 saturated heterocycles. The predicted octanol–water partition coefficient (Wildman–Crippen LogP) is 3.93. The normalized spacial score (nSPS) is 11.4. The Kier molecular flexibility index (Phi) is 5.65. The van der Waals surface area contributed by atoms with E-state index in [0.29, 0.717) is 21.9 Å². The number of hydrogen-bond acceptors (Lipinski definition) is 5. The van der Waals surface area contributed by atoms with Crippen LogP contribution in [0.15, 0.2) is 57.7 Å². The van der Waals surface area contributed by atoms with Gasteiger partial charge in [-0.15, -0.1) is 0 Å². The fraction of sp³-hybridized carbons (Fsp3) is 0.238. The maximum absolute atomic E-state index is 14.6. The molecule has 3 aromatic rings. The van der Waals surface area contributed by atoms with Crippen LogP contribution in [0.2, 0.25) is 13.1 Å². The van der Waals surface area contributed by atoms with E-state index in [0.717, 1.165) is 5.56 Å². The molecule has 0 fully saturated rings. The molecule has 0 bridgehead atoms. The van der Waals surface area contributed by atoms with E-state index in [2.05, 4.69) is 0 Å². The van der Waals surface area contributed by atoms with Crippen molar-refractivity contribution in [2.45, 2.75) is 26.6 Å². The van der Waals surface area contributed by atoms with Crippen molar-refractivity contribution >= 4 is 30.5 Å². The quantitative estimate of drug-likeness (QED) is 0.271. The number of esters is 1. The van der Waals surface area contributed by atoms with Gasteiger partial charge in [0.15, 0.2) is 0 Å². The lowest BCUT2D eigenvalue weighted by Crippen LogP contribution is -2.39. The summed E-state index contributed by atoms with van der Waals surface area (Å²) in [6, 6.07) is 13.7. The summed E-state index contributed by atoms with van der Waals surface area (Å²) in [6.07, 6.45) is 0. The second-order valence-corrected chi connectivity index (χ2v) is 10.2. The van der Waals surface area contributed by atoms with Gasteiger partial charge in [-0.3, -0.25) is 0 Å². The van der Waals surface area contributed by atoms with Crippen LogP contribution in [-0.4, -0.2) is 21.0 Å². The van der Waals surface area contributed by atoms with Gasteiger partial charge in [0.25, 0.3) is 8.41 Å². The standard InChI is InChI=1S/C21H21FO5Si/c1-4-25-20(23)16-12-15-17(9-7-10-18(15)27-21(16)24)26-13-14-8-5-6-11-19(14)28(2,3)22/h5-12H,4,13H2,1-3H3. The maximum atomic E-state index is 14.6. The molecule has 0 N–H and O–H groups in total. The van der Waals surface area contributed by atoms with Crippen LogP contribution in [-0.2, 0) is 11.3 Å². The Labute approximate surface area is 162 Å². The van der Waals surface area contributed by atoms with E-state index in [4.69, 9.17) is 13.9 Å². The molecule has 1 aromatic heterocycles. The third-order valence-corrected chi connectivity index (χ3v) is 6.04. The van der Waals surface area contributed by atoms with Gasteiger partial charge in [-0.25, -0.2) is 9.59 Å². The molecule has 1 heterocycles. The van der Waals surface area contributed by atoms with Gasteiger partial charge in [-0.2, -0.15) is 0 Å². The van der Waals surface area contributed by atoms with Crippen LogP contribution in [0.1, 0.15) is 22.8 Å². The summed E-state index contributed by atoms with van der Waals surface area (Å²) in [7, 11) is -3.01. The first-order valence-electron chi connectivity index (χ1n) is 8.95. The first-order chi connectivity index (χ1) is 13.3. The molecule has 0 amide bonds. The number of fused-ring (bicyclic) bond motifs is 1. The van der Waals surface area contributed by atoms with Crippen LogP contribution < -0.4 is 15.5 Å². The first-order valence-corrected chi connectivity index (χ1v) is 11.8. The fourth-order valence-electron chi connectivity index (χ4n) is 2.97. The molecule has 0 aliphatic rings. The average Bonchev–Trinajstić information content (AvgIpc) is 2.65. The highest BCUT2D eigenvalue weighted by molar-refractivity contribution is 6.84. The minimum atomic E-state index is -3.01. The average molecular weight is 400 g/mol. The van der Waals surface area contributed by atoms with Crippen molar-refractivity contribution in [2.75, 3.05) is 6.61 Å². The van der Waals surface area contributed by atoms with Gasteiger partial charge in [0.1, 0.15) is 23.5 Å². The summed E-state index contributed by atoms with van der Waals surface area (Å²) in [6.45, 7) is 5.22. The van der Waals surface area contributed by atoms with Crippen molar-refractivity contribution < 1.29 is 22.8 Å². The molecule has 0 radical (unpaired) electrons.